The van der Waals surface area contributed by atoms with Gasteiger partial charge in [0.05, 0.1) is 13.2 Å². The van der Waals surface area contributed by atoms with Crippen LogP contribution in [0.25, 0.3) is 0 Å². The largest absolute Gasteiger partial charge is 0.466 e. The van der Waals surface area contributed by atoms with Crippen LogP contribution in [0.3, 0.4) is 0 Å². The fourth-order valence-electron chi connectivity index (χ4n) is 3.13. The highest BCUT2D eigenvalue weighted by Gasteiger charge is 2.53. The van der Waals surface area contributed by atoms with Crippen LogP contribution in [0.1, 0.15) is 26.7 Å². The van der Waals surface area contributed by atoms with Crippen LogP contribution in [0.2, 0.25) is 0 Å². The van der Waals surface area contributed by atoms with Crippen molar-refractivity contribution in [2.75, 3.05) is 7.11 Å². The van der Waals surface area contributed by atoms with Gasteiger partial charge in [0, 0.05) is 12.0 Å². The fraction of sp³-hybridized carbons (Fsp3) is 0.750. The summed E-state index contributed by atoms with van der Waals surface area (Å²) in [7, 11) is 1.38. The summed E-state index contributed by atoms with van der Waals surface area (Å²) in [5.74, 6) is 0.371. The Labute approximate surface area is 90.1 Å². The number of carbonyl (C=O) groups excluding carboxylic acids is 1. The molecular formula is C12H18O3. The van der Waals surface area contributed by atoms with Gasteiger partial charge in [-0.1, -0.05) is 19.4 Å². The van der Waals surface area contributed by atoms with E-state index in [0.29, 0.717) is 5.92 Å². The average molecular weight is 210 g/mol. The summed E-state index contributed by atoms with van der Waals surface area (Å²) >= 11 is 0. The summed E-state index contributed by atoms with van der Waals surface area (Å²) in [5, 5.41) is 9.81. The molecule has 2 saturated carbocycles. The molecule has 0 amide bonds. The molecule has 2 aliphatic rings. The van der Waals surface area contributed by atoms with E-state index in [-0.39, 0.29) is 23.4 Å². The Kier molecular flexibility index (Phi) is 2.38. The van der Waals surface area contributed by atoms with Gasteiger partial charge in [-0.15, -0.1) is 0 Å². The zero-order chi connectivity index (χ0) is 11.2. The van der Waals surface area contributed by atoms with E-state index in [1.165, 1.54) is 7.11 Å². The molecule has 0 aliphatic heterocycles. The smallest absolute Gasteiger partial charge is 0.330 e. The van der Waals surface area contributed by atoms with Gasteiger partial charge < -0.3 is 9.84 Å². The van der Waals surface area contributed by atoms with E-state index in [1.54, 1.807) is 6.08 Å². The highest BCUT2D eigenvalue weighted by molar-refractivity contribution is 5.83. The Hall–Kier alpha value is -0.830. The summed E-state index contributed by atoms with van der Waals surface area (Å²) < 4.78 is 4.65. The second-order valence-corrected chi connectivity index (χ2v) is 5.19. The lowest BCUT2D eigenvalue weighted by Crippen LogP contribution is -2.31. The molecule has 2 bridgehead atoms. The minimum absolute atomic E-state index is 0.0398. The first-order chi connectivity index (χ1) is 6.96. The van der Waals surface area contributed by atoms with Gasteiger partial charge in [-0.2, -0.15) is 0 Å². The van der Waals surface area contributed by atoms with Gasteiger partial charge in [0.15, 0.2) is 0 Å². The van der Waals surface area contributed by atoms with E-state index in [2.05, 4.69) is 18.6 Å². The molecule has 1 N–H and O–H groups in total. The molecule has 2 fully saturated rings. The predicted molar refractivity (Wildman–Crippen MR) is 56.1 cm³/mol. The number of esters is 1. The minimum atomic E-state index is -0.308. The van der Waals surface area contributed by atoms with Crippen LogP contribution in [-0.4, -0.2) is 24.3 Å². The summed E-state index contributed by atoms with van der Waals surface area (Å²) in [6.07, 6.45) is 3.19. The second-order valence-electron chi connectivity index (χ2n) is 5.19. The van der Waals surface area contributed by atoms with Crippen molar-refractivity contribution in [1.82, 2.24) is 0 Å². The van der Waals surface area contributed by atoms with Crippen LogP contribution in [0, 0.1) is 17.3 Å². The third kappa shape index (κ3) is 1.49. The zero-order valence-corrected chi connectivity index (χ0v) is 9.49. The molecular weight excluding hydrogens is 192 g/mol. The lowest BCUT2D eigenvalue weighted by atomic mass is 9.72. The average Bonchev–Trinajstić information content (AvgIpc) is 2.64. The molecule has 0 aromatic rings. The lowest BCUT2D eigenvalue weighted by Gasteiger charge is -2.34. The molecule has 0 saturated heterocycles. The van der Waals surface area contributed by atoms with Crippen LogP contribution < -0.4 is 0 Å². The van der Waals surface area contributed by atoms with Crippen molar-refractivity contribution >= 4 is 5.97 Å². The molecule has 0 aromatic heterocycles. The van der Waals surface area contributed by atoms with E-state index >= 15 is 0 Å². The molecule has 0 spiro atoms. The highest BCUT2D eigenvalue weighted by Crippen LogP contribution is 2.58. The Morgan fingerprint density at radius 1 is 1.53 bits per heavy atom. The van der Waals surface area contributed by atoms with E-state index in [4.69, 9.17) is 0 Å². The summed E-state index contributed by atoms with van der Waals surface area (Å²) in [6.45, 7) is 4.30. The first kappa shape index (κ1) is 10.7. The van der Waals surface area contributed by atoms with Crippen LogP contribution in [0.15, 0.2) is 11.6 Å². The number of hydrogen-bond acceptors (Lipinski definition) is 3. The van der Waals surface area contributed by atoms with Crippen molar-refractivity contribution in [2.45, 2.75) is 32.8 Å². The van der Waals surface area contributed by atoms with E-state index in [1.807, 2.05) is 0 Å². The second kappa shape index (κ2) is 3.34. The Morgan fingerprint density at radius 3 is 2.73 bits per heavy atom. The standard InChI is InChI=1S/C12H18O3/c1-12(2)7-4-8(10(13)5-7)9(12)6-11(14)15-3/h6-8,10,13H,4-5H2,1-3H3/b9-6+. The quantitative estimate of drug-likeness (QED) is 0.527. The van der Waals surface area contributed by atoms with Crippen molar-refractivity contribution in [3.05, 3.63) is 11.6 Å². The normalized spacial score (nSPS) is 39.7. The molecule has 15 heavy (non-hydrogen) atoms. The van der Waals surface area contributed by atoms with Crippen LogP contribution in [0.4, 0.5) is 0 Å². The van der Waals surface area contributed by atoms with Crippen LogP contribution in [0.5, 0.6) is 0 Å². The Balaban J connectivity index is 2.31. The lowest BCUT2D eigenvalue weighted by molar-refractivity contribution is -0.135. The topological polar surface area (TPSA) is 46.5 Å². The van der Waals surface area contributed by atoms with Gasteiger partial charge in [-0.05, 0) is 24.2 Å². The summed E-state index contributed by atoms with van der Waals surface area (Å²) in [5.41, 5.74) is 1.11. The Bertz CT molecular complexity index is 317. The Morgan fingerprint density at radius 2 is 2.20 bits per heavy atom. The predicted octanol–water partition coefficient (Wildman–Crippen LogP) is 1.51. The maximum Gasteiger partial charge on any atom is 0.330 e. The van der Waals surface area contributed by atoms with Crippen molar-refractivity contribution in [3.63, 3.8) is 0 Å². The first-order valence-corrected chi connectivity index (χ1v) is 5.45. The number of rotatable bonds is 1. The molecule has 3 heteroatoms. The third-order valence-electron chi connectivity index (χ3n) is 4.17. The molecule has 2 rings (SSSR count). The van der Waals surface area contributed by atoms with Crippen molar-refractivity contribution in [3.8, 4) is 0 Å². The van der Waals surface area contributed by atoms with Gasteiger partial charge >= 0.3 is 5.97 Å². The van der Waals surface area contributed by atoms with Gasteiger partial charge in [-0.25, -0.2) is 4.79 Å². The van der Waals surface area contributed by atoms with Crippen molar-refractivity contribution in [2.24, 2.45) is 17.3 Å². The molecule has 0 aromatic carbocycles. The minimum Gasteiger partial charge on any atom is -0.466 e. The van der Waals surface area contributed by atoms with E-state index in [0.717, 1.165) is 18.4 Å². The third-order valence-corrected chi connectivity index (χ3v) is 4.17. The van der Waals surface area contributed by atoms with Crippen molar-refractivity contribution < 1.29 is 14.6 Å². The molecule has 84 valence electrons. The number of fused-ring (bicyclic) bond motifs is 2. The van der Waals surface area contributed by atoms with Gasteiger partial charge in [-0.3, -0.25) is 0 Å². The van der Waals surface area contributed by atoms with Crippen molar-refractivity contribution in [1.29, 1.82) is 0 Å². The monoisotopic (exact) mass is 210 g/mol. The SMILES string of the molecule is COC(=O)/C=C1\C2CC(CC2O)C1(C)C. The van der Waals surface area contributed by atoms with Gasteiger partial charge in [0.2, 0.25) is 0 Å². The van der Waals surface area contributed by atoms with E-state index in [9.17, 15) is 9.90 Å². The van der Waals surface area contributed by atoms with Gasteiger partial charge in [0.1, 0.15) is 0 Å². The molecule has 0 heterocycles. The highest BCUT2D eigenvalue weighted by atomic mass is 16.5. The number of aliphatic hydroxyl groups is 1. The molecule has 0 radical (unpaired) electrons. The number of ether oxygens (including phenoxy) is 1. The van der Waals surface area contributed by atoms with Crippen LogP contribution in [-0.2, 0) is 9.53 Å². The molecule has 3 unspecified atom stereocenters. The maximum atomic E-state index is 11.3. The zero-order valence-electron chi connectivity index (χ0n) is 9.49. The molecule has 2 aliphatic carbocycles. The van der Waals surface area contributed by atoms with Crippen LogP contribution >= 0.6 is 0 Å². The van der Waals surface area contributed by atoms with E-state index < -0.39 is 0 Å². The fourth-order valence-corrected chi connectivity index (χ4v) is 3.13. The molecule has 3 nitrogen and oxygen atoms in total. The number of aliphatic hydroxyl groups excluding tert-OH is 1. The summed E-state index contributed by atoms with van der Waals surface area (Å²) in [6, 6.07) is 0. The summed E-state index contributed by atoms with van der Waals surface area (Å²) in [4.78, 5) is 11.3. The number of hydrogen-bond donors (Lipinski definition) is 1. The van der Waals surface area contributed by atoms with Gasteiger partial charge in [0.25, 0.3) is 0 Å². The maximum absolute atomic E-state index is 11.3. The number of carbonyl (C=O) groups is 1. The first-order valence-electron chi connectivity index (χ1n) is 5.45. The molecule has 3 atom stereocenters. The number of methoxy groups -OCH3 is 1.